The van der Waals surface area contributed by atoms with Crippen LogP contribution in [0.3, 0.4) is 0 Å². The lowest BCUT2D eigenvalue weighted by Gasteiger charge is -2.33. The van der Waals surface area contributed by atoms with E-state index in [0.29, 0.717) is 17.8 Å². The van der Waals surface area contributed by atoms with Gasteiger partial charge in [0.25, 0.3) is 5.91 Å². The lowest BCUT2D eigenvalue weighted by atomic mass is 10.0. The van der Waals surface area contributed by atoms with E-state index in [-0.39, 0.29) is 17.9 Å². The maximum Gasteiger partial charge on any atom is 0.253 e. The zero-order valence-electron chi connectivity index (χ0n) is 16.7. The number of anilines is 2. The van der Waals surface area contributed by atoms with Gasteiger partial charge in [0.15, 0.2) is 0 Å². The molecule has 6 heteroatoms. The molecule has 2 aromatic carbocycles. The van der Waals surface area contributed by atoms with Crippen molar-refractivity contribution in [3.63, 3.8) is 0 Å². The first-order valence-corrected chi connectivity index (χ1v) is 10.1. The van der Waals surface area contributed by atoms with E-state index in [2.05, 4.69) is 28.3 Å². The molecule has 1 aliphatic heterocycles. The summed E-state index contributed by atoms with van der Waals surface area (Å²) in [7, 11) is 0. The number of pyridine rings is 1. The monoisotopic (exact) mass is 400 g/mol. The Kier molecular flexibility index (Phi) is 5.75. The van der Waals surface area contributed by atoms with Crippen molar-refractivity contribution in [3.8, 4) is 0 Å². The molecule has 0 unspecified atom stereocenters. The fourth-order valence-electron chi connectivity index (χ4n) is 3.72. The number of amides is 2. The molecular weight excluding hydrogens is 376 g/mol. The molecule has 1 aromatic heterocycles. The second-order valence-electron chi connectivity index (χ2n) is 7.42. The molecule has 0 radical (unpaired) electrons. The molecule has 6 nitrogen and oxygen atoms in total. The van der Waals surface area contributed by atoms with E-state index in [1.165, 1.54) is 6.08 Å². The standard InChI is InChI=1S/C24H24N4O2/c1-2-23(29)27-20-11-9-17(10-12-20)24(30)28-13-5-8-21(16-28)26-22-14-18-6-3-4-7-19(18)15-25-22/h2-4,6-7,9-12,14-15,21H,1,5,8,13,16H2,(H,25,26)(H,27,29)/t21-/m1/s1. The van der Waals surface area contributed by atoms with Crippen molar-refractivity contribution in [2.45, 2.75) is 18.9 Å². The number of fused-ring (bicyclic) bond motifs is 1. The van der Waals surface area contributed by atoms with Gasteiger partial charge in [-0.3, -0.25) is 9.59 Å². The number of aromatic nitrogens is 1. The molecule has 2 heterocycles. The molecule has 2 N–H and O–H groups in total. The summed E-state index contributed by atoms with van der Waals surface area (Å²) in [6.45, 7) is 4.79. The van der Waals surface area contributed by atoms with Crippen LogP contribution in [0.25, 0.3) is 10.8 Å². The quantitative estimate of drug-likeness (QED) is 0.633. The maximum absolute atomic E-state index is 12.9. The number of hydrogen-bond acceptors (Lipinski definition) is 4. The van der Waals surface area contributed by atoms with E-state index in [1.54, 1.807) is 24.3 Å². The lowest BCUT2D eigenvalue weighted by molar-refractivity contribution is -0.111. The van der Waals surface area contributed by atoms with Crippen molar-refractivity contribution >= 4 is 34.1 Å². The van der Waals surface area contributed by atoms with Gasteiger partial charge in [-0.2, -0.15) is 0 Å². The average molecular weight is 400 g/mol. The summed E-state index contributed by atoms with van der Waals surface area (Å²) in [5, 5.41) is 8.42. The number of carbonyl (C=O) groups is 2. The lowest BCUT2D eigenvalue weighted by Crippen LogP contribution is -2.45. The van der Waals surface area contributed by atoms with E-state index in [0.717, 1.165) is 36.0 Å². The molecule has 4 rings (SSSR count). The third-order valence-corrected chi connectivity index (χ3v) is 5.28. The zero-order chi connectivity index (χ0) is 20.9. The van der Waals surface area contributed by atoms with E-state index < -0.39 is 0 Å². The van der Waals surface area contributed by atoms with Gasteiger partial charge in [-0.25, -0.2) is 4.98 Å². The Morgan fingerprint density at radius 3 is 2.63 bits per heavy atom. The van der Waals surface area contributed by atoms with Crippen molar-refractivity contribution < 1.29 is 9.59 Å². The van der Waals surface area contributed by atoms with Gasteiger partial charge in [0, 0.05) is 42.0 Å². The van der Waals surface area contributed by atoms with Crippen LogP contribution in [0.15, 0.2) is 73.4 Å². The SMILES string of the molecule is C=CC(=O)Nc1ccc(C(=O)N2CCC[C@@H](Nc3cc4ccccc4cn3)C2)cc1. The molecular formula is C24H24N4O2. The second kappa shape index (κ2) is 8.78. The first-order valence-electron chi connectivity index (χ1n) is 10.1. The molecule has 1 aliphatic rings. The highest BCUT2D eigenvalue weighted by Gasteiger charge is 2.24. The minimum absolute atomic E-state index is 0.00503. The Morgan fingerprint density at radius 2 is 1.87 bits per heavy atom. The first kappa shape index (κ1) is 19.6. The van der Waals surface area contributed by atoms with Crippen molar-refractivity contribution in [1.29, 1.82) is 0 Å². The smallest absolute Gasteiger partial charge is 0.253 e. The highest BCUT2D eigenvalue weighted by Crippen LogP contribution is 2.21. The molecule has 152 valence electrons. The van der Waals surface area contributed by atoms with E-state index >= 15 is 0 Å². The van der Waals surface area contributed by atoms with Crippen molar-refractivity contribution in [2.75, 3.05) is 23.7 Å². The molecule has 1 atom stereocenters. The number of nitrogens with zero attached hydrogens (tertiary/aromatic N) is 2. The predicted octanol–water partition coefficient (Wildman–Crippen LogP) is 4.08. The third-order valence-electron chi connectivity index (χ3n) is 5.28. The maximum atomic E-state index is 12.9. The van der Waals surface area contributed by atoms with Crippen LogP contribution in [0, 0.1) is 0 Å². The zero-order valence-corrected chi connectivity index (χ0v) is 16.7. The van der Waals surface area contributed by atoms with Crippen LogP contribution in [0.4, 0.5) is 11.5 Å². The van der Waals surface area contributed by atoms with Gasteiger partial charge in [0.1, 0.15) is 5.82 Å². The molecule has 0 spiro atoms. The number of nitrogens with one attached hydrogen (secondary N) is 2. The van der Waals surface area contributed by atoms with Crippen LogP contribution in [0.5, 0.6) is 0 Å². The molecule has 2 amide bonds. The topological polar surface area (TPSA) is 74.3 Å². The normalized spacial score (nSPS) is 16.1. The fourth-order valence-corrected chi connectivity index (χ4v) is 3.72. The molecule has 0 aliphatic carbocycles. The molecule has 3 aromatic rings. The average Bonchev–Trinajstić information content (AvgIpc) is 2.79. The number of benzene rings is 2. The van der Waals surface area contributed by atoms with Gasteiger partial charge in [0.2, 0.25) is 5.91 Å². The van der Waals surface area contributed by atoms with Crippen LogP contribution in [-0.2, 0) is 4.79 Å². The number of hydrogen-bond donors (Lipinski definition) is 2. The second-order valence-corrected chi connectivity index (χ2v) is 7.42. The summed E-state index contributed by atoms with van der Waals surface area (Å²) < 4.78 is 0. The van der Waals surface area contributed by atoms with Crippen molar-refractivity contribution in [3.05, 3.63) is 79.0 Å². The molecule has 1 fully saturated rings. The van der Waals surface area contributed by atoms with Crippen molar-refractivity contribution in [2.24, 2.45) is 0 Å². The van der Waals surface area contributed by atoms with Crippen LogP contribution >= 0.6 is 0 Å². The van der Waals surface area contributed by atoms with Gasteiger partial charge >= 0.3 is 0 Å². The fraction of sp³-hybridized carbons (Fsp3) is 0.208. The van der Waals surface area contributed by atoms with Gasteiger partial charge < -0.3 is 15.5 Å². The summed E-state index contributed by atoms with van der Waals surface area (Å²) in [5.41, 5.74) is 1.24. The summed E-state index contributed by atoms with van der Waals surface area (Å²) in [6.07, 6.45) is 5.01. The Hall–Kier alpha value is -3.67. The third kappa shape index (κ3) is 4.49. The summed E-state index contributed by atoms with van der Waals surface area (Å²) >= 11 is 0. The van der Waals surface area contributed by atoms with Gasteiger partial charge in [-0.05, 0) is 54.6 Å². The van der Waals surface area contributed by atoms with E-state index in [9.17, 15) is 9.59 Å². The Labute approximate surface area is 175 Å². The van der Waals surface area contributed by atoms with E-state index in [1.807, 2.05) is 35.4 Å². The van der Waals surface area contributed by atoms with Gasteiger partial charge in [0.05, 0.1) is 0 Å². The molecule has 0 bridgehead atoms. The first-order chi connectivity index (χ1) is 14.6. The van der Waals surface area contributed by atoms with Gasteiger partial charge in [-0.1, -0.05) is 30.8 Å². The van der Waals surface area contributed by atoms with Crippen LogP contribution < -0.4 is 10.6 Å². The Morgan fingerprint density at radius 1 is 1.10 bits per heavy atom. The number of likely N-dealkylation sites (tertiary alicyclic amines) is 1. The molecule has 0 saturated carbocycles. The number of carbonyl (C=O) groups excluding carboxylic acids is 2. The minimum Gasteiger partial charge on any atom is -0.366 e. The van der Waals surface area contributed by atoms with Crippen molar-refractivity contribution in [1.82, 2.24) is 9.88 Å². The van der Waals surface area contributed by atoms with Crippen LogP contribution in [0.1, 0.15) is 23.2 Å². The number of piperidine rings is 1. The Bertz CT molecular complexity index is 1080. The Balaban J connectivity index is 1.40. The number of rotatable bonds is 5. The minimum atomic E-state index is -0.277. The van der Waals surface area contributed by atoms with Gasteiger partial charge in [-0.15, -0.1) is 0 Å². The highest BCUT2D eigenvalue weighted by atomic mass is 16.2. The molecule has 1 saturated heterocycles. The summed E-state index contributed by atoms with van der Waals surface area (Å²) in [4.78, 5) is 30.7. The largest absolute Gasteiger partial charge is 0.366 e. The molecule has 30 heavy (non-hydrogen) atoms. The summed E-state index contributed by atoms with van der Waals surface area (Å²) in [6, 6.07) is 17.3. The van der Waals surface area contributed by atoms with Crippen LogP contribution in [-0.4, -0.2) is 40.8 Å². The van der Waals surface area contributed by atoms with E-state index in [4.69, 9.17) is 0 Å². The highest BCUT2D eigenvalue weighted by molar-refractivity contribution is 5.99. The predicted molar refractivity (Wildman–Crippen MR) is 120 cm³/mol. The van der Waals surface area contributed by atoms with Crippen LogP contribution in [0.2, 0.25) is 0 Å². The summed E-state index contributed by atoms with van der Waals surface area (Å²) in [5.74, 6) is 0.547.